The minimum atomic E-state index is -0.698. The van der Waals surface area contributed by atoms with Gasteiger partial charge < -0.3 is 19.6 Å². The Morgan fingerprint density at radius 1 is 1.20 bits per heavy atom. The predicted molar refractivity (Wildman–Crippen MR) is 91.5 cm³/mol. The Morgan fingerprint density at radius 2 is 2.00 bits per heavy atom. The van der Waals surface area contributed by atoms with Gasteiger partial charge in [0.05, 0.1) is 24.1 Å². The lowest BCUT2D eigenvalue weighted by molar-refractivity contribution is 0.0938. The van der Waals surface area contributed by atoms with E-state index in [0.29, 0.717) is 21.6 Å². The number of carbonyl (C=O) groups is 1. The Hall–Kier alpha value is -2.99. The van der Waals surface area contributed by atoms with Gasteiger partial charge >= 0.3 is 0 Å². The number of nitrogens with one attached hydrogen (secondary N) is 1. The molecule has 1 aliphatic heterocycles. The van der Waals surface area contributed by atoms with Crippen LogP contribution in [0.3, 0.4) is 0 Å². The van der Waals surface area contributed by atoms with Gasteiger partial charge in [0.25, 0.3) is 5.91 Å². The summed E-state index contributed by atoms with van der Waals surface area (Å²) < 4.78 is 10.7. The van der Waals surface area contributed by atoms with Crippen LogP contribution in [0.15, 0.2) is 45.6 Å². The van der Waals surface area contributed by atoms with E-state index in [0.717, 1.165) is 0 Å². The van der Waals surface area contributed by atoms with Crippen molar-refractivity contribution >= 4 is 28.5 Å². The summed E-state index contributed by atoms with van der Waals surface area (Å²) in [5, 5.41) is 13.2. The zero-order chi connectivity index (χ0) is 17.7. The van der Waals surface area contributed by atoms with Gasteiger partial charge in [0.2, 0.25) is 5.76 Å². The van der Waals surface area contributed by atoms with Crippen molar-refractivity contribution in [3.8, 4) is 11.5 Å². The van der Waals surface area contributed by atoms with Crippen molar-refractivity contribution in [1.29, 1.82) is 0 Å². The summed E-state index contributed by atoms with van der Waals surface area (Å²) in [7, 11) is 1.42. The summed E-state index contributed by atoms with van der Waals surface area (Å²) in [6, 6.07) is 8.59. The highest BCUT2D eigenvalue weighted by Gasteiger charge is 2.36. The summed E-state index contributed by atoms with van der Waals surface area (Å²) in [5.74, 6) is -0.278. The summed E-state index contributed by atoms with van der Waals surface area (Å²) in [6.45, 7) is 0. The molecular weight excluding hydrogens is 346 g/mol. The van der Waals surface area contributed by atoms with Crippen LogP contribution in [0.2, 0.25) is 5.02 Å². The third-order valence-electron chi connectivity index (χ3n) is 4.19. The molecule has 1 atom stereocenters. The van der Waals surface area contributed by atoms with E-state index >= 15 is 0 Å². The van der Waals surface area contributed by atoms with Gasteiger partial charge in [-0.1, -0.05) is 17.7 Å². The first-order chi connectivity index (χ1) is 12.0. The molecule has 0 saturated carbocycles. The molecule has 1 amide bonds. The normalized spacial score (nSPS) is 15.9. The number of aromatic hydroxyl groups is 1. The fraction of sp³-hybridized carbons (Fsp3) is 0.111. The van der Waals surface area contributed by atoms with E-state index in [-0.39, 0.29) is 28.3 Å². The highest BCUT2D eigenvalue weighted by atomic mass is 35.5. The molecule has 1 aliphatic rings. The molecule has 2 heterocycles. The van der Waals surface area contributed by atoms with Crippen molar-refractivity contribution in [2.45, 2.75) is 6.04 Å². The first-order valence-corrected chi connectivity index (χ1v) is 7.81. The second kappa shape index (κ2) is 5.53. The van der Waals surface area contributed by atoms with Crippen molar-refractivity contribution in [3.05, 3.63) is 68.5 Å². The van der Waals surface area contributed by atoms with E-state index in [9.17, 15) is 14.7 Å². The van der Waals surface area contributed by atoms with E-state index in [1.807, 2.05) is 0 Å². The van der Waals surface area contributed by atoms with E-state index in [2.05, 4.69) is 5.32 Å². The molecule has 1 aromatic heterocycles. The number of rotatable bonds is 2. The first kappa shape index (κ1) is 15.5. The van der Waals surface area contributed by atoms with E-state index in [1.165, 1.54) is 19.2 Å². The molecule has 0 fully saturated rings. The van der Waals surface area contributed by atoms with Crippen molar-refractivity contribution in [1.82, 2.24) is 5.32 Å². The molecular formula is C18H12ClNO5. The van der Waals surface area contributed by atoms with Crippen molar-refractivity contribution < 1.29 is 19.1 Å². The van der Waals surface area contributed by atoms with Crippen molar-refractivity contribution in [3.63, 3.8) is 0 Å². The average molecular weight is 358 g/mol. The predicted octanol–water partition coefficient (Wildman–Crippen LogP) is 2.99. The maximum atomic E-state index is 12.9. The average Bonchev–Trinajstić information content (AvgIpc) is 2.93. The minimum Gasteiger partial charge on any atom is -0.504 e. The molecule has 0 bridgehead atoms. The van der Waals surface area contributed by atoms with Crippen LogP contribution in [0.1, 0.15) is 27.7 Å². The zero-order valence-corrected chi connectivity index (χ0v) is 13.8. The topological polar surface area (TPSA) is 88.8 Å². The van der Waals surface area contributed by atoms with Crippen LogP contribution in [0, 0.1) is 0 Å². The lowest BCUT2D eigenvalue weighted by Gasteiger charge is -2.13. The molecule has 25 heavy (non-hydrogen) atoms. The molecule has 0 radical (unpaired) electrons. The number of benzene rings is 2. The van der Waals surface area contributed by atoms with Crippen LogP contribution in [-0.2, 0) is 0 Å². The monoisotopic (exact) mass is 357 g/mol. The maximum absolute atomic E-state index is 12.9. The number of methoxy groups -OCH3 is 1. The van der Waals surface area contributed by atoms with Gasteiger partial charge in [-0.05, 0) is 35.9 Å². The summed E-state index contributed by atoms with van der Waals surface area (Å²) in [4.78, 5) is 25.2. The fourth-order valence-electron chi connectivity index (χ4n) is 3.01. The van der Waals surface area contributed by atoms with Gasteiger partial charge in [-0.2, -0.15) is 0 Å². The number of fused-ring (bicyclic) bond motifs is 2. The molecule has 3 aromatic rings. The smallest absolute Gasteiger partial charge is 0.288 e. The second-order valence-corrected chi connectivity index (χ2v) is 6.09. The Balaban J connectivity index is 1.96. The number of phenols is 1. The van der Waals surface area contributed by atoms with Crippen LogP contribution in [0.25, 0.3) is 11.0 Å². The summed E-state index contributed by atoms with van der Waals surface area (Å²) in [6.07, 6.45) is 0. The van der Waals surface area contributed by atoms with Gasteiger partial charge in [-0.15, -0.1) is 0 Å². The molecule has 126 valence electrons. The van der Waals surface area contributed by atoms with Gasteiger partial charge in [-0.3, -0.25) is 9.59 Å². The second-order valence-electron chi connectivity index (χ2n) is 5.65. The number of carbonyl (C=O) groups excluding carboxylic acids is 1. The minimum absolute atomic E-state index is 0.0168. The summed E-state index contributed by atoms with van der Waals surface area (Å²) in [5.41, 5.74) is 0.782. The van der Waals surface area contributed by atoms with E-state index in [1.54, 1.807) is 24.3 Å². The third kappa shape index (κ3) is 2.34. The van der Waals surface area contributed by atoms with Crippen molar-refractivity contribution in [2.75, 3.05) is 7.11 Å². The number of hydrogen-bond acceptors (Lipinski definition) is 5. The third-order valence-corrected chi connectivity index (χ3v) is 4.43. The van der Waals surface area contributed by atoms with Crippen LogP contribution >= 0.6 is 11.6 Å². The zero-order valence-electron chi connectivity index (χ0n) is 13.0. The van der Waals surface area contributed by atoms with E-state index < -0.39 is 11.9 Å². The highest BCUT2D eigenvalue weighted by molar-refractivity contribution is 6.31. The summed E-state index contributed by atoms with van der Waals surface area (Å²) >= 11 is 5.97. The molecule has 0 spiro atoms. The fourth-order valence-corrected chi connectivity index (χ4v) is 3.18. The molecule has 0 saturated heterocycles. The number of hydrogen-bond donors (Lipinski definition) is 2. The van der Waals surface area contributed by atoms with Crippen LogP contribution in [0.5, 0.6) is 11.5 Å². The van der Waals surface area contributed by atoms with Crippen LogP contribution in [-0.4, -0.2) is 18.1 Å². The lowest BCUT2D eigenvalue weighted by atomic mass is 9.99. The number of phenolic OH excluding ortho intramolecular Hbond substituents is 1. The molecule has 0 aliphatic carbocycles. The Morgan fingerprint density at radius 3 is 2.76 bits per heavy atom. The van der Waals surface area contributed by atoms with Crippen LogP contribution < -0.4 is 15.5 Å². The van der Waals surface area contributed by atoms with Crippen molar-refractivity contribution in [2.24, 2.45) is 0 Å². The molecule has 7 heteroatoms. The number of halogens is 1. The Labute approximate surface area is 146 Å². The SMILES string of the molecule is COc1cc(C2NC(=O)c3oc4ccc(Cl)cc4c(=O)c32)ccc1O. The largest absolute Gasteiger partial charge is 0.504 e. The Bertz CT molecular complexity index is 1090. The molecule has 2 N–H and O–H groups in total. The van der Waals surface area contributed by atoms with Gasteiger partial charge in [0.1, 0.15) is 5.58 Å². The first-order valence-electron chi connectivity index (χ1n) is 7.43. The molecule has 4 rings (SSSR count). The standard InChI is InChI=1S/C18H12ClNO5/c1-24-13-6-8(2-4-11(13)21)15-14-16(22)10-7-9(19)3-5-12(10)25-17(14)18(23)20-15/h2-7,15,21H,1H3,(H,20,23). The maximum Gasteiger partial charge on any atom is 0.288 e. The molecule has 6 nitrogen and oxygen atoms in total. The number of ether oxygens (including phenoxy) is 1. The lowest BCUT2D eigenvalue weighted by Crippen LogP contribution is -2.21. The molecule has 2 aromatic carbocycles. The highest BCUT2D eigenvalue weighted by Crippen LogP contribution is 2.35. The Kier molecular flexibility index (Phi) is 3.43. The molecule has 1 unspecified atom stereocenters. The number of amides is 1. The van der Waals surface area contributed by atoms with Gasteiger partial charge in [0.15, 0.2) is 16.9 Å². The van der Waals surface area contributed by atoms with Gasteiger partial charge in [0, 0.05) is 5.02 Å². The van der Waals surface area contributed by atoms with E-state index in [4.69, 9.17) is 20.8 Å². The quantitative estimate of drug-likeness (QED) is 0.736. The van der Waals surface area contributed by atoms with Gasteiger partial charge in [-0.25, -0.2) is 0 Å². The van der Waals surface area contributed by atoms with Crippen LogP contribution in [0.4, 0.5) is 0 Å².